The van der Waals surface area contributed by atoms with E-state index in [1.807, 2.05) is 30.3 Å². The lowest BCUT2D eigenvalue weighted by Gasteiger charge is -2.30. The van der Waals surface area contributed by atoms with E-state index in [4.69, 9.17) is 4.42 Å². The highest BCUT2D eigenvalue weighted by Gasteiger charge is 2.20. The van der Waals surface area contributed by atoms with Crippen LogP contribution in [0.25, 0.3) is 22.6 Å². The fourth-order valence-electron chi connectivity index (χ4n) is 8.45. The quantitative estimate of drug-likeness (QED) is 0.108. The van der Waals surface area contributed by atoms with Crippen molar-refractivity contribution in [1.82, 2.24) is 10.2 Å². The first-order valence-electron chi connectivity index (χ1n) is 22.6. The second-order valence-electron chi connectivity index (χ2n) is 16.0. The largest absolute Gasteiger partial charge is 0.421 e. The molecule has 0 aliphatic heterocycles. The van der Waals surface area contributed by atoms with E-state index in [2.05, 4.69) is 256 Å². The number of aromatic nitrogens is 2. The zero-order valence-electron chi connectivity index (χ0n) is 37.2. The molecule has 0 N–H and O–H groups in total. The van der Waals surface area contributed by atoms with Gasteiger partial charge in [0.15, 0.2) is 0 Å². The molecule has 0 bridgehead atoms. The van der Waals surface area contributed by atoms with Crippen LogP contribution < -0.4 is 14.7 Å². The molecule has 0 saturated heterocycles. The number of rotatable bonds is 13. The van der Waals surface area contributed by atoms with Gasteiger partial charge < -0.3 is 19.1 Å². The van der Waals surface area contributed by atoms with Gasteiger partial charge in [-0.15, -0.1) is 10.2 Å². The molecule has 0 saturated carbocycles. The molecule has 0 aliphatic rings. The smallest absolute Gasteiger partial charge is 0.248 e. The van der Waals surface area contributed by atoms with Crippen LogP contribution in [-0.2, 0) is 6.42 Å². The summed E-state index contributed by atoms with van der Waals surface area (Å²) >= 11 is 0. The minimum absolute atomic E-state index is 0.506. The second kappa shape index (κ2) is 19.9. The Morgan fingerprint density at radius 2 is 0.701 bits per heavy atom. The molecule has 67 heavy (non-hydrogen) atoms. The molecule has 10 rings (SSSR count). The van der Waals surface area contributed by atoms with E-state index in [-0.39, 0.29) is 0 Å². The molecule has 0 aliphatic carbocycles. The summed E-state index contributed by atoms with van der Waals surface area (Å²) in [5.41, 5.74) is 14.0. The SMILES string of the molecule is CCCc1nnc(-c2ccccc2-c2ccccc2C#Cc2ccccc2N(c2ccc(N(c3ccccc3)c3ccccc3)cc2)c2ccc(N(c3ccccc3)c3ccccc3)cc2)o1. The second-order valence-corrected chi connectivity index (χ2v) is 16.0. The lowest BCUT2D eigenvalue weighted by molar-refractivity contribution is 0.502. The Morgan fingerprint density at radius 3 is 1.18 bits per heavy atom. The molecule has 10 aromatic rings. The predicted octanol–water partition coefficient (Wildman–Crippen LogP) is 16.2. The Morgan fingerprint density at radius 1 is 0.343 bits per heavy atom. The van der Waals surface area contributed by atoms with Crippen LogP contribution in [0.15, 0.2) is 247 Å². The Kier molecular flexibility index (Phi) is 12.5. The lowest BCUT2D eigenvalue weighted by Crippen LogP contribution is -2.14. The fraction of sp³-hybridized carbons (Fsp3) is 0.0492. The Bertz CT molecular complexity index is 3050. The number of anilines is 9. The van der Waals surface area contributed by atoms with Crippen molar-refractivity contribution in [1.29, 1.82) is 0 Å². The maximum Gasteiger partial charge on any atom is 0.248 e. The summed E-state index contributed by atoms with van der Waals surface area (Å²) < 4.78 is 6.13. The summed E-state index contributed by atoms with van der Waals surface area (Å²) in [6.07, 6.45) is 1.67. The Hall–Kier alpha value is -8.92. The third kappa shape index (κ3) is 9.22. The first-order valence-corrected chi connectivity index (χ1v) is 22.6. The van der Waals surface area contributed by atoms with Gasteiger partial charge in [-0.1, -0.05) is 140 Å². The molecule has 6 nitrogen and oxygen atoms in total. The summed E-state index contributed by atoms with van der Waals surface area (Å²) in [5, 5.41) is 8.75. The Balaban J connectivity index is 1.07. The van der Waals surface area contributed by atoms with Crippen molar-refractivity contribution < 1.29 is 4.42 Å². The van der Waals surface area contributed by atoms with Gasteiger partial charge in [-0.3, -0.25) is 0 Å². The molecule has 0 amide bonds. The lowest BCUT2D eigenvalue weighted by atomic mass is 9.95. The third-order valence-corrected chi connectivity index (χ3v) is 11.6. The molecule has 6 heteroatoms. The van der Waals surface area contributed by atoms with Crippen molar-refractivity contribution in [3.63, 3.8) is 0 Å². The van der Waals surface area contributed by atoms with Crippen LogP contribution in [-0.4, -0.2) is 10.2 Å². The first-order chi connectivity index (χ1) is 33.2. The number of nitrogens with zero attached hydrogens (tertiary/aromatic N) is 5. The molecule has 0 radical (unpaired) electrons. The van der Waals surface area contributed by atoms with Gasteiger partial charge in [0.2, 0.25) is 11.8 Å². The molecule has 1 aromatic heterocycles. The topological polar surface area (TPSA) is 48.6 Å². The average Bonchev–Trinajstić information content (AvgIpc) is 3.87. The van der Waals surface area contributed by atoms with Gasteiger partial charge in [-0.05, 0) is 139 Å². The summed E-state index contributed by atoms with van der Waals surface area (Å²) in [6.45, 7) is 2.11. The molecule has 0 spiro atoms. The van der Waals surface area contributed by atoms with Crippen molar-refractivity contribution in [3.05, 3.63) is 260 Å². The highest BCUT2D eigenvalue weighted by molar-refractivity contribution is 5.87. The molecular formula is C61H47N5O. The van der Waals surface area contributed by atoms with E-state index < -0.39 is 0 Å². The summed E-state index contributed by atoms with van der Waals surface area (Å²) in [4.78, 5) is 6.86. The number of benzene rings is 9. The minimum atomic E-state index is 0.506. The van der Waals surface area contributed by atoms with E-state index in [1.165, 1.54) is 0 Å². The molecule has 9 aromatic carbocycles. The van der Waals surface area contributed by atoms with Crippen LogP contribution in [0.1, 0.15) is 30.4 Å². The maximum absolute atomic E-state index is 6.13. The number of aryl methyl sites for hydroxylation is 1. The predicted molar refractivity (Wildman–Crippen MR) is 276 cm³/mol. The van der Waals surface area contributed by atoms with Gasteiger partial charge in [0.25, 0.3) is 0 Å². The number of para-hydroxylation sites is 5. The molecule has 1 heterocycles. The van der Waals surface area contributed by atoms with E-state index >= 15 is 0 Å². The van der Waals surface area contributed by atoms with E-state index in [0.717, 1.165) is 91.8 Å². The molecule has 0 unspecified atom stereocenters. The van der Waals surface area contributed by atoms with Crippen LogP contribution in [0.3, 0.4) is 0 Å². The van der Waals surface area contributed by atoms with Crippen LogP contribution in [0.2, 0.25) is 0 Å². The monoisotopic (exact) mass is 865 g/mol. The van der Waals surface area contributed by atoms with Crippen molar-refractivity contribution in [2.45, 2.75) is 19.8 Å². The first kappa shape index (κ1) is 42.1. The van der Waals surface area contributed by atoms with Crippen LogP contribution in [0.4, 0.5) is 51.2 Å². The number of hydrogen-bond donors (Lipinski definition) is 0. The van der Waals surface area contributed by atoms with Crippen molar-refractivity contribution in [2.75, 3.05) is 14.7 Å². The summed E-state index contributed by atoms with van der Waals surface area (Å²) in [6, 6.07) is 84.3. The van der Waals surface area contributed by atoms with Gasteiger partial charge in [0, 0.05) is 68.6 Å². The highest BCUT2D eigenvalue weighted by atomic mass is 16.4. The molecule has 0 atom stereocenters. The maximum atomic E-state index is 6.13. The molecular weight excluding hydrogens is 819 g/mol. The van der Waals surface area contributed by atoms with Crippen LogP contribution >= 0.6 is 0 Å². The average molecular weight is 866 g/mol. The van der Waals surface area contributed by atoms with E-state index in [0.29, 0.717) is 11.8 Å². The van der Waals surface area contributed by atoms with Gasteiger partial charge in [-0.2, -0.15) is 0 Å². The van der Waals surface area contributed by atoms with Gasteiger partial charge in [0.1, 0.15) is 0 Å². The normalized spacial score (nSPS) is 10.8. The Labute approximate surface area is 392 Å². The van der Waals surface area contributed by atoms with Gasteiger partial charge in [0.05, 0.1) is 5.69 Å². The van der Waals surface area contributed by atoms with Crippen molar-refractivity contribution >= 4 is 51.2 Å². The standard InChI is InChI=1S/C61H47N5O/c1-2-21-60-62-63-61(67-60)58-34-19-18-33-57(58)56-32-17-15-22-46(56)36-37-47-23-16-20-35-59(47)66(54-42-38-52(39-43-54)64(48-24-7-3-8-25-48)49-26-9-4-10-27-49)55-44-40-53(41-45-55)65(50-28-11-5-12-29-50)51-30-13-6-14-31-51/h3-20,22-35,38-45H,2,21H2,1H3. The zero-order chi connectivity index (χ0) is 45.2. The summed E-state index contributed by atoms with van der Waals surface area (Å²) in [5.74, 6) is 8.36. The third-order valence-electron chi connectivity index (χ3n) is 11.6. The fourth-order valence-corrected chi connectivity index (χ4v) is 8.45. The van der Waals surface area contributed by atoms with Crippen LogP contribution in [0, 0.1) is 11.8 Å². The summed E-state index contributed by atoms with van der Waals surface area (Å²) in [7, 11) is 0. The van der Waals surface area contributed by atoms with Crippen molar-refractivity contribution in [2.24, 2.45) is 0 Å². The highest BCUT2D eigenvalue weighted by Crippen LogP contribution is 2.42. The molecule has 0 fully saturated rings. The number of hydrogen-bond acceptors (Lipinski definition) is 6. The van der Waals surface area contributed by atoms with Crippen molar-refractivity contribution in [3.8, 4) is 34.4 Å². The van der Waals surface area contributed by atoms with Crippen LogP contribution in [0.5, 0.6) is 0 Å². The van der Waals surface area contributed by atoms with Gasteiger partial charge in [-0.25, -0.2) is 0 Å². The van der Waals surface area contributed by atoms with Gasteiger partial charge >= 0.3 is 0 Å². The van der Waals surface area contributed by atoms with E-state index in [1.54, 1.807) is 0 Å². The molecule has 322 valence electrons. The van der Waals surface area contributed by atoms with E-state index in [9.17, 15) is 0 Å². The zero-order valence-corrected chi connectivity index (χ0v) is 37.2. The minimum Gasteiger partial charge on any atom is -0.421 e.